The second-order valence-electron chi connectivity index (χ2n) is 5.44. The molecule has 1 atom stereocenters. The van der Waals surface area contributed by atoms with Gasteiger partial charge in [-0.3, -0.25) is 4.57 Å². The van der Waals surface area contributed by atoms with Crippen LogP contribution in [0.5, 0.6) is 0 Å². The van der Waals surface area contributed by atoms with E-state index in [4.69, 9.17) is 4.98 Å². The highest BCUT2D eigenvalue weighted by atomic mass is 32.1. The lowest BCUT2D eigenvalue weighted by atomic mass is 10.1. The molecule has 4 aromatic rings. The molecular formula is C18H13N3S. The first-order valence-corrected chi connectivity index (χ1v) is 8.21. The van der Waals surface area contributed by atoms with E-state index in [9.17, 15) is 0 Å². The van der Waals surface area contributed by atoms with Gasteiger partial charge in [-0.25, -0.2) is 4.98 Å². The van der Waals surface area contributed by atoms with Gasteiger partial charge >= 0.3 is 0 Å². The molecule has 0 saturated heterocycles. The SMILES string of the molecule is c1ccc2c(c1)N[C@@H](c1ccsc1)n1c-2nc2ccccc21. The lowest BCUT2D eigenvalue weighted by molar-refractivity contribution is 0.671. The van der Waals surface area contributed by atoms with Gasteiger partial charge in [0.1, 0.15) is 12.0 Å². The van der Waals surface area contributed by atoms with E-state index < -0.39 is 0 Å². The number of nitrogens with zero attached hydrogens (tertiary/aromatic N) is 2. The van der Waals surface area contributed by atoms with Gasteiger partial charge in [0.15, 0.2) is 0 Å². The van der Waals surface area contributed by atoms with Crippen molar-refractivity contribution in [3.8, 4) is 11.4 Å². The number of anilines is 1. The van der Waals surface area contributed by atoms with Crippen LogP contribution in [-0.4, -0.2) is 9.55 Å². The topological polar surface area (TPSA) is 29.9 Å². The molecule has 1 aliphatic rings. The molecule has 106 valence electrons. The second kappa shape index (κ2) is 4.45. The molecule has 0 aliphatic carbocycles. The van der Waals surface area contributed by atoms with Crippen molar-refractivity contribution < 1.29 is 0 Å². The molecule has 3 nitrogen and oxygen atoms in total. The van der Waals surface area contributed by atoms with Gasteiger partial charge in [0.25, 0.3) is 0 Å². The molecule has 5 rings (SSSR count). The van der Waals surface area contributed by atoms with Crippen LogP contribution in [0.4, 0.5) is 5.69 Å². The fourth-order valence-corrected chi connectivity index (χ4v) is 3.85. The van der Waals surface area contributed by atoms with E-state index in [0.29, 0.717) is 0 Å². The maximum absolute atomic E-state index is 4.88. The Morgan fingerprint density at radius 2 is 1.86 bits per heavy atom. The monoisotopic (exact) mass is 303 g/mol. The van der Waals surface area contributed by atoms with Crippen LogP contribution in [0.15, 0.2) is 65.4 Å². The summed E-state index contributed by atoms with van der Waals surface area (Å²) in [5.74, 6) is 1.03. The molecule has 1 aliphatic heterocycles. The number of hydrogen-bond donors (Lipinski definition) is 1. The van der Waals surface area contributed by atoms with Crippen LogP contribution in [0, 0.1) is 0 Å². The Morgan fingerprint density at radius 3 is 2.77 bits per heavy atom. The zero-order valence-corrected chi connectivity index (χ0v) is 12.5. The van der Waals surface area contributed by atoms with Gasteiger partial charge in [0.2, 0.25) is 0 Å². The molecule has 0 spiro atoms. The maximum Gasteiger partial charge on any atom is 0.145 e. The molecule has 22 heavy (non-hydrogen) atoms. The summed E-state index contributed by atoms with van der Waals surface area (Å²) in [7, 11) is 0. The van der Waals surface area contributed by atoms with E-state index in [1.165, 1.54) is 5.56 Å². The van der Waals surface area contributed by atoms with Crippen LogP contribution < -0.4 is 5.32 Å². The van der Waals surface area contributed by atoms with Crippen LogP contribution in [0.2, 0.25) is 0 Å². The number of aromatic nitrogens is 2. The minimum atomic E-state index is 0.0866. The van der Waals surface area contributed by atoms with Crippen molar-refractivity contribution in [2.45, 2.75) is 6.17 Å². The highest BCUT2D eigenvalue weighted by molar-refractivity contribution is 7.08. The van der Waals surface area contributed by atoms with E-state index in [-0.39, 0.29) is 6.17 Å². The molecule has 4 heteroatoms. The normalized spacial score (nSPS) is 16.1. The number of para-hydroxylation sites is 3. The number of thiophene rings is 1. The van der Waals surface area contributed by atoms with Crippen molar-refractivity contribution in [3.63, 3.8) is 0 Å². The van der Waals surface area contributed by atoms with Crippen LogP contribution in [0.25, 0.3) is 22.4 Å². The van der Waals surface area contributed by atoms with E-state index in [0.717, 1.165) is 28.1 Å². The lowest BCUT2D eigenvalue weighted by Gasteiger charge is -2.29. The van der Waals surface area contributed by atoms with Gasteiger partial charge < -0.3 is 5.32 Å². The van der Waals surface area contributed by atoms with E-state index >= 15 is 0 Å². The molecule has 0 radical (unpaired) electrons. The maximum atomic E-state index is 4.88. The quantitative estimate of drug-likeness (QED) is 0.550. The fraction of sp³-hybridized carbons (Fsp3) is 0.0556. The Labute approximate surface area is 131 Å². The van der Waals surface area contributed by atoms with Crippen LogP contribution in [-0.2, 0) is 0 Å². The summed E-state index contributed by atoms with van der Waals surface area (Å²) in [5.41, 5.74) is 5.77. The second-order valence-corrected chi connectivity index (χ2v) is 6.22. The molecule has 0 saturated carbocycles. The average Bonchev–Trinajstić information content (AvgIpc) is 3.22. The van der Waals surface area contributed by atoms with Gasteiger partial charge in [0, 0.05) is 16.8 Å². The highest BCUT2D eigenvalue weighted by Gasteiger charge is 2.27. The Bertz CT molecular complexity index is 969. The summed E-state index contributed by atoms with van der Waals surface area (Å²) in [6, 6.07) is 18.9. The minimum absolute atomic E-state index is 0.0866. The van der Waals surface area contributed by atoms with E-state index in [2.05, 4.69) is 69.2 Å². The number of rotatable bonds is 1. The Kier molecular flexibility index (Phi) is 2.43. The first-order chi connectivity index (χ1) is 10.9. The highest BCUT2D eigenvalue weighted by Crippen LogP contribution is 2.40. The summed E-state index contributed by atoms with van der Waals surface area (Å²) in [6.07, 6.45) is 0.0866. The predicted molar refractivity (Wildman–Crippen MR) is 91.2 cm³/mol. The predicted octanol–water partition coefficient (Wildman–Crippen LogP) is 4.74. The molecule has 0 unspecified atom stereocenters. The van der Waals surface area contributed by atoms with Crippen LogP contribution in [0.1, 0.15) is 11.7 Å². The van der Waals surface area contributed by atoms with Crippen molar-refractivity contribution in [2.75, 3.05) is 5.32 Å². The molecule has 3 heterocycles. The number of imidazole rings is 1. The zero-order valence-electron chi connectivity index (χ0n) is 11.7. The van der Waals surface area contributed by atoms with E-state index in [1.54, 1.807) is 11.3 Å². The molecule has 1 N–H and O–H groups in total. The van der Waals surface area contributed by atoms with E-state index in [1.807, 2.05) is 6.07 Å². The first kappa shape index (κ1) is 12.0. The Hall–Kier alpha value is -2.59. The smallest absolute Gasteiger partial charge is 0.145 e. The summed E-state index contributed by atoms with van der Waals surface area (Å²) >= 11 is 1.72. The van der Waals surface area contributed by atoms with Crippen LogP contribution >= 0.6 is 11.3 Å². The third-order valence-electron chi connectivity index (χ3n) is 4.17. The number of benzene rings is 2. The van der Waals surface area contributed by atoms with Crippen molar-refractivity contribution in [2.24, 2.45) is 0 Å². The zero-order chi connectivity index (χ0) is 14.5. The summed E-state index contributed by atoms with van der Waals surface area (Å²) in [6.45, 7) is 0. The van der Waals surface area contributed by atoms with Crippen molar-refractivity contribution in [3.05, 3.63) is 70.9 Å². The molecule has 2 aromatic heterocycles. The summed E-state index contributed by atoms with van der Waals surface area (Å²) in [4.78, 5) is 4.88. The Morgan fingerprint density at radius 1 is 1.00 bits per heavy atom. The van der Waals surface area contributed by atoms with Gasteiger partial charge in [0.05, 0.1) is 11.0 Å². The average molecular weight is 303 g/mol. The number of hydrogen-bond acceptors (Lipinski definition) is 3. The third-order valence-corrected chi connectivity index (χ3v) is 4.87. The summed E-state index contributed by atoms with van der Waals surface area (Å²) < 4.78 is 2.31. The lowest BCUT2D eigenvalue weighted by Crippen LogP contribution is -2.24. The fourth-order valence-electron chi connectivity index (χ4n) is 3.17. The largest absolute Gasteiger partial charge is 0.361 e. The van der Waals surface area contributed by atoms with Crippen molar-refractivity contribution in [1.29, 1.82) is 0 Å². The molecule has 0 fully saturated rings. The number of nitrogens with one attached hydrogen (secondary N) is 1. The summed E-state index contributed by atoms with van der Waals surface area (Å²) in [5, 5.41) is 7.98. The molecule has 0 amide bonds. The Balaban J connectivity index is 1.87. The van der Waals surface area contributed by atoms with Gasteiger partial charge in [-0.05, 0) is 41.1 Å². The van der Waals surface area contributed by atoms with Gasteiger partial charge in [-0.15, -0.1) is 0 Å². The van der Waals surface area contributed by atoms with Gasteiger partial charge in [-0.1, -0.05) is 24.3 Å². The molecular weight excluding hydrogens is 290 g/mol. The van der Waals surface area contributed by atoms with Crippen molar-refractivity contribution >= 4 is 28.1 Å². The van der Waals surface area contributed by atoms with Gasteiger partial charge in [-0.2, -0.15) is 11.3 Å². The minimum Gasteiger partial charge on any atom is -0.361 e. The standard InChI is InChI=1S/C18H13N3S/c1-2-6-14-13(5-1)18-20-15-7-3-4-8-16(15)21(18)17(19-14)12-9-10-22-11-12/h1-11,17,19H/t17-/m1/s1. The number of fused-ring (bicyclic) bond motifs is 5. The van der Waals surface area contributed by atoms with Crippen LogP contribution in [0.3, 0.4) is 0 Å². The molecule has 2 aromatic carbocycles. The van der Waals surface area contributed by atoms with Crippen molar-refractivity contribution in [1.82, 2.24) is 9.55 Å². The first-order valence-electron chi connectivity index (χ1n) is 7.27. The third kappa shape index (κ3) is 1.58. The molecule has 0 bridgehead atoms.